The minimum Gasteiger partial charge on any atom is -0.477 e. The van der Waals surface area contributed by atoms with Gasteiger partial charge in [0.25, 0.3) is 0 Å². The quantitative estimate of drug-likeness (QED) is 0.517. The van der Waals surface area contributed by atoms with Crippen LogP contribution in [-0.2, 0) is 13.2 Å². The molecule has 0 aliphatic carbocycles. The molecule has 1 aliphatic heterocycles. The topological polar surface area (TPSA) is 87.5 Å². The van der Waals surface area contributed by atoms with Crippen LogP contribution < -0.4 is 10.1 Å². The summed E-state index contributed by atoms with van der Waals surface area (Å²) >= 11 is 0. The summed E-state index contributed by atoms with van der Waals surface area (Å²) in [5.41, 5.74) is 5.03. The maximum Gasteiger partial charge on any atom is 0.232 e. The van der Waals surface area contributed by atoms with Crippen LogP contribution in [-0.4, -0.2) is 39.9 Å². The van der Waals surface area contributed by atoms with E-state index in [0.717, 1.165) is 53.2 Å². The van der Waals surface area contributed by atoms with Gasteiger partial charge >= 0.3 is 0 Å². The van der Waals surface area contributed by atoms with E-state index in [-0.39, 0.29) is 13.2 Å². The van der Waals surface area contributed by atoms with Crippen molar-refractivity contribution in [3.8, 4) is 28.4 Å². The van der Waals surface area contributed by atoms with Gasteiger partial charge in [0.1, 0.15) is 5.69 Å². The third-order valence-corrected chi connectivity index (χ3v) is 5.81. The van der Waals surface area contributed by atoms with E-state index in [1.54, 1.807) is 6.20 Å². The molecule has 0 spiro atoms. The average molecular weight is 420 g/mol. The standard InChI is InChI=1S/C25H29N3O3/c29-16-19-1-5-21(6-2-19)24-25(22-7-3-20(17-30)4-8-22)28-23(15-27-24)31-14-11-18-9-12-26-13-10-18/h1-8,15,18,26,29-30H,9-14,16-17H2. The lowest BCUT2D eigenvalue weighted by Crippen LogP contribution is -2.28. The van der Waals surface area contributed by atoms with E-state index in [2.05, 4.69) is 10.3 Å². The monoisotopic (exact) mass is 419 g/mol. The van der Waals surface area contributed by atoms with Gasteiger partial charge in [-0.05, 0) is 49.4 Å². The highest BCUT2D eigenvalue weighted by Crippen LogP contribution is 2.31. The summed E-state index contributed by atoms with van der Waals surface area (Å²) in [5, 5.41) is 22.1. The number of benzene rings is 2. The number of aromatic nitrogens is 2. The van der Waals surface area contributed by atoms with Gasteiger partial charge in [0.15, 0.2) is 0 Å². The summed E-state index contributed by atoms with van der Waals surface area (Å²) in [4.78, 5) is 9.47. The van der Waals surface area contributed by atoms with Crippen molar-refractivity contribution >= 4 is 0 Å². The molecule has 0 unspecified atom stereocenters. The Kier molecular flexibility index (Phi) is 7.25. The first kappa shape index (κ1) is 21.4. The van der Waals surface area contributed by atoms with E-state index in [0.29, 0.717) is 18.4 Å². The summed E-state index contributed by atoms with van der Waals surface area (Å²) in [5.74, 6) is 1.22. The second-order valence-corrected chi connectivity index (χ2v) is 7.95. The first-order valence-corrected chi connectivity index (χ1v) is 10.9. The van der Waals surface area contributed by atoms with Gasteiger partial charge in [0.2, 0.25) is 5.88 Å². The highest BCUT2D eigenvalue weighted by Gasteiger charge is 2.15. The Bertz CT molecular complexity index is 968. The maximum atomic E-state index is 9.36. The Morgan fingerprint density at radius 3 is 2.00 bits per heavy atom. The number of piperidine rings is 1. The third-order valence-electron chi connectivity index (χ3n) is 5.81. The molecule has 2 aromatic carbocycles. The molecule has 4 rings (SSSR count). The van der Waals surface area contributed by atoms with Crippen molar-refractivity contribution in [2.24, 2.45) is 5.92 Å². The summed E-state index contributed by atoms with van der Waals surface area (Å²) in [6.45, 7) is 2.81. The van der Waals surface area contributed by atoms with Gasteiger partial charge in [-0.2, -0.15) is 0 Å². The molecule has 1 aliphatic rings. The molecule has 0 atom stereocenters. The van der Waals surface area contributed by atoms with Gasteiger partial charge < -0.3 is 20.3 Å². The average Bonchev–Trinajstić information content (AvgIpc) is 2.85. The maximum absolute atomic E-state index is 9.36. The van der Waals surface area contributed by atoms with Crippen molar-refractivity contribution in [1.82, 2.24) is 15.3 Å². The van der Waals surface area contributed by atoms with Crippen LogP contribution in [0, 0.1) is 5.92 Å². The number of rotatable bonds is 8. The molecule has 0 bridgehead atoms. The molecule has 3 N–H and O–H groups in total. The zero-order valence-electron chi connectivity index (χ0n) is 17.6. The molecule has 3 aromatic rings. The number of aliphatic hydroxyl groups excluding tert-OH is 2. The summed E-state index contributed by atoms with van der Waals surface area (Å²) in [7, 11) is 0. The molecule has 6 nitrogen and oxygen atoms in total. The van der Waals surface area contributed by atoms with Crippen LogP contribution >= 0.6 is 0 Å². The lowest BCUT2D eigenvalue weighted by molar-refractivity contribution is 0.245. The largest absolute Gasteiger partial charge is 0.477 e. The third kappa shape index (κ3) is 5.47. The van der Waals surface area contributed by atoms with Crippen molar-refractivity contribution in [3.63, 3.8) is 0 Å². The van der Waals surface area contributed by atoms with Crippen LogP contribution in [0.25, 0.3) is 22.5 Å². The smallest absolute Gasteiger partial charge is 0.232 e. The molecule has 6 heteroatoms. The van der Waals surface area contributed by atoms with E-state index in [9.17, 15) is 10.2 Å². The Labute approximate surface area is 183 Å². The van der Waals surface area contributed by atoms with Gasteiger partial charge in [-0.3, -0.25) is 0 Å². The number of nitrogens with zero attached hydrogens (tertiary/aromatic N) is 2. The number of ether oxygens (including phenoxy) is 1. The van der Waals surface area contributed by atoms with E-state index < -0.39 is 0 Å². The van der Waals surface area contributed by atoms with Crippen molar-refractivity contribution in [2.75, 3.05) is 19.7 Å². The normalized spacial score (nSPS) is 14.5. The molecular weight excluding hydrogens is 390 g/mol. The molecule has 0 saturated carbocycles. The van der Waals surface area contributed by atoms with Crippen LogP contribution in [0.1, 0.15) is 30.4 Å². The fourth-order valence-corrected chi connectivity index (χ4v) is 3.89. The van der Waals surface area contributed by atoms with Crippen molar-refractivity contribution in [2.45, 2.75) is 32.5 Å². The predicted molar refractivity (Wildman–Crippen MR) is 120 cm³/mol. The van der Waals surface area contributed by atoms with E-state index >= 15 is 0 Å². The molecule has 1 aromatic heterocycles. The van der Waals surface area contributed by atoms with E-state index in [1.165, 1.54) is 12.8 Å². The number of aliphatic hydroxyl groups is 2. The lowest BCUT2D eigenvalue weighted by Gasteiger charge is -2.22. The molecule has 162 valence electrons. The Balaban J connectivity index is 1.59. The van der Waals surface area contributed by atoms with Gasteiger partial charge in [-0.25, -0.2) is 9.97 Å². The molecule has 0 amide bonds. The van der Waals surface area contributed by atoms with Gasteiger partial charge in [-0.1, -0.05) is 48.5 Å². The Morgan fingerprint density at radius 1 is 0.839 bits per heavy atom. The predicted octanol–water partition coefficient (Wildman–Crippen LogP) is 3.56. The van der Waals surface area contributed by atoms with Crippen LogP contribution in [0.3, 0.4) is 0 Å². The Hall–Kier alpha value is -2.80. The molecule has 1 saturated heterocycles. The van der Waals surface area contributed by atoms with E-state index in [4.69, 9.17) is 9.72 Å². The molecule has 2 heterocycles. The first-order chi connectivity index (χ1) is 15.3. The summed E-state index contributed by atoms with van der Waals surface area (Å²) < 4.78 is 5.98. The SMILES string of the molecule is OCc1ccc(-c2ncc(OCCC3CCNCC3)nc2-c2ccc(CO)cc2)cc1. The number of nitrogens with one attached hydrogen (secondary N) is 1. The van der Waals surface area contributed by atoms with Gasteiger partial charge in [-0.15, -0.1) is 0 Å². The van der Waals surface area contributed by atoms with Crippen molar-refractivity contribution in [3.05, 3.63) is 65.9 Å². The van der Waals surface area contributed by atoms with Crippen LogP contribution in [0.4, 0.5) is 0 Å². The second kappa shape index (κ2) is 10.5. The highest BCUT2D eigenvalue weighted by molar-refractivity contribution is 5.78. The summed E-state index contributed by atoms with van der Waals surface area (Å²) in [6.07, 6.45) is 5.10. The molecule has 31 heavy (non-hydrogen) atoms. The first-order valence-electron chi connectivity index (χ1n) is 10.9. The van der Waals surface area contributed by atoms with Gasteiger partial charge in [0.05, 0.1) is 31.7 Å². The van der Waals surface area contributed by atoms with Gasteiger partial charge in [0, 0.05) is 11.1 Å². The minimum atomic E-state index is 0.00126. The fourth-order valence-electron chi connectivity index (χ4n) is 3.89. The fraction of sp³-hybridized carbons (Fsp3) is 0.360. The van der Waals surface area contributed by atoms with Crippen LogP contribution in [0.15, 0.2) is 54.7 Å². The Morgan fingerprint density at radius 2 is 1.42 bits per heavy atom. The highest BCUT2D eigenvalue weighted by atomic mass is 16.5. The van der Waals surface area contributed by atoms with Crippen molar-refractivity contribution < 1.29 is 14.9 Å². The molecular formula is C25H29N3O3. The number of hydrogen-bond acceptors (Lipinski definition) is 6. The zero-order valence-corrected chi connectivity index (χ0v) is 17.6. The van der Waals surface area contributed by atoms with Crippen LogP contribution in [0.5, 0.6) is 5.88 Å². The van der Waals surface area contributed by atoms with E-state index in [1.807, 2.05) is 48.5 Å². The summed E-state index contributed by atoms with van der Waals surface area (Å²) in [6, 6.07) is 15.3. The van der Waals surface area contributed by atoms with Crippen molar-refractivity contribution in [1.29, 1.82) is 0 Å². The minimum absolute atomic E-state index is 0.00126. The zero-order chi connectivity index (χ0) is 21.5. The molecule has 0 radical (unpaired) electrons. The molecule has 1 fully saturated rings. The second-order valence-electron chi connectivity index (χ2n) is 7.95. The van der Waals surface area contributed by atoms with Crippen LogP contribution in [0.2, 0.25) is 0 Å². The number of hydrogen-bond donors (Lipinski definition) is 3. The lowest BCUT2D eigenvalue weighted by atomic mass is 9.95.